The average Bonchev–Trinajstić information content (AvgIpc) is 2.73. The van der Waals surface area contributed by atoms with Crippen molar-refractivity contribution in [2.75, 3.05) is 13.1 Å². The molecule has 2 aliphatic rings. The summed E-state index contributed by atoms with van der Waals surface area (Å²) in [5.41, 5.74) is 4.34. The zero-order chi connectivity index (χ0) is 20.8. The summed E-state index contributed by atoms with van der Waals surface area (Å²) < 4.78 is 0. The third-order valence-corrected chi connectivity index (χ3v) is 5.60. The van der Waals surface area contributed by atoms with E-state index in [1.807, 2.05) is 12.1 Å². The Morgan fingerprint density at radius 3 is 2.17 bits per heavy atom. The third-order valence-electron chi connectivity index (χ3n) is 5.60. The lowest BCUT2D eigenvalue weighted by molar-refractivity contribution is -0.134. The first-order chi connectivity index (χ1) is 14.0. The highest BCUT2D eigenvalue weighted by atomic mass is 16.4. The molecule has 0 saturated carbocycles. The Labute approximate surface area is 169 Å². The smallest absolute Gasteiger partial charge is 0.328 e. The molecule has 0 bridgehead atoms. The van der Waals surface area contributed by atoms with Crippen LogP contribution in [0, 0.1) is 5.92 Å². The molecule has 0 aromatic heterocycles. The number of carboxylic acid groups (broad SMARTS) is 2. The van der Waals surface area contributed by atoms with Gasteiger partial charge in [0.2, 0.25) is 0 Å². The van der Waals surface area contributed by atoms with E-state index in [0.717, 1.165) is 19.0 Å². The number of phenols is 1. The van der Waals surface area contributed by atoms with Gasteiger partial charge in [-0.15, -0.1) is 0 Å². The van der Waals surface area contributed by atoms with Gasteiger partial charge in [-0.3, -0.25) is 0 Å². The summed E-state index contributed by atoms with van der Waals surface area (Å²) in [5.74, 6) is -0.244. The molecular formula is C23H25NO5. The third kappa shape index (κ3) is 5.23. The molecule has 2 aromatic rings. The van der Waals surface area contributed by atoms with E-state index in [4.69, 9.17) is 10.2 Å². The van der Waals surface area contributed by atoms with E-state index in [-0.39, 0.29) is 0 Å². The first-order valence-corrected chi connectivity index (χ1v) is 9.68. The van der Waals surface area contributed by atoms with Gasteiger partial charge in [-0.25, -0.2) is 9.59 Å². The maximum absolute atomic E-state index is 9.55. The topological polar surface area (TPSA) is 107 Å². The molecule has 29 heavy (non-hydrogen) atoms. The summed E-state index contributed by atoms with van der Waals surface area (Å²) in [6, 6.07) is 16.7. The van der Waals surface area contributed by atoms with Crippen molar-refractivity contribution in [1.82, 2.24) is 5.32 Å². The lowest BCUT2D eigenvalue weighted by Gasteiger charge is -2.41. The second kappa shape index (κ2) is 9.39. The minimum Gasteiger partial charge on any atom is -0.508 e. The molecule has 2 aromatic carbocycles. The molecule has 1 aliphatic heterocycles. The van der Waals surface area contributed by atoms with Crippen LogP contribution in [0.15, 0.2) is 60.7 Å². The fourth-order valence-corrected chi connectivity index (χ4v) is 4.32. The SMILES string of the molecule is O=C(O)/C=C\C(=O)O.Oc1ccc(C2CC3CCNCC3c3ccccc32)cc1. The predicted octanol–water partition coefficient (Wildman–Crippen LogP) is 3.33. The van der Waals surface area contributed by atoms with Crippen molar-refractivity contribution in [1.29, 1.82) is 0 Å². The molecule has 6 nitrogen and oxygen atoms in total. The first kappa shape index (κ1) is 20.6. The fourth-order valence-electron chi connectivity index (χ4n) is 4.32. The molecule has 0 spiro atoms. The number of piperidine rings is 1. The van der Waals surface area contributed by atoms with Gasteiger partial charge in [0.05, 0.1) is 0 Å². The van der Waals surface area contributed by atoms with Crippen molar-refractivity contribution in [3.05, 3.63) is 77.4 Å². The van der Waals surface area contributed by atoms with E-state index < -0.39 is 11.9 Å². The minimum atomic E-state index is -1.26. The highest BCUT2D eigenvalue weighted by Gasteiger charge is 2.36. The molecule has 4 N–H and O–H groups in total. The van der Waals surface area contributed by atoms with Gasteiger partial charge in [-0.2, -0.15) is 0 Å². The van der Waals surface area contributed by atoms with E-state index in [1.165, 1.54) is 29.5 Å². The Balaban J connectivity index is 0.000000258. The summed E-state index contributed by atoms with van der Waals surface area (Å²) in [6.07, 6.45) is 3.62. The van der Waals surface area contributed by atoms with E-state index in [0.29, 0.717) is 29.7 Å². The van der Waals surface area contributed by atoms with E-state index in [1.54, 1.807) is 0 Å². The molecule has 6 heteroatoms. The number of benzene rings is 2. The van der Waals surface area contributed by atoms with Crippen molar-refractivity contribution in [3.63, 3.8) is 0 Å². The molecule has 1 saturated heterocycles. The molecule has 3 atom stereocenters. The van der Waals surface area contributed by atoms with Gasteiger partial charge >= 0.3 is 11.9 Å². The number of carboxylic acids is 2. The number of fused-ring (bicyclic) bond motifs is 3. The van der Waals surface area contributed by atoms with Gasteiger partial charge in [0.1, 0.15) is 5.75 Å². The van der Waals surface area contributed by atoms with Crippen LogP contribution in [-0.4, -0.2) is 40.3 Å². The van der Waals surface area contributed by atoms with Crippen LogP contribution < -0.4 is 5.32 Å². The number of hydrogen-bond acceptors (Lipinski definition) is 4. The van der Waals surface area contributed by atoms with Crippen molar-refractivity contribution < 1.29 is 24.9 Å². The standard InChI is InChI=1S/C19H21NO.C4H4O4/c21-15-7-5-13(6-8-15)18-11-14-9-10-20-12-19(14)17-4-2-1-3-16(17)18;5-3(6)1-2-4(7)8/h1-8,14,18-21H,9-12H2;1-2H,(H,5,6)(H,7,8)/b;2-1-. The number of nitrogens with one attached hydrogen (secondary N) is 1. The fraction of sp³-hybridized carbons (Fsp3) is 0.304. The normalized spacial score (nSPS) is 22.7. The van der Waals surface area contributed by atoms with Gasteiger partial charge in [0.25, 0.3) is 0 Å². The minimum absolute atomic E-state index is 0.350. The van der Waals surface area contributed by atoms with Crippen LogP contribution in [0.2, 0.25) is 0 Å². The summed E-state index contributed by atoms with van der Waals surface area (Å²) in [4.78, 5) is 19.1. The van der Waals surface area contributed by atoms with Gasteiger partial charge < -0.3 is 20.6 Å². The summed E-state index contributed by atoms with van der Waals surface area (Å²) in [5, 5.41) is 28.7. The predicted molar refractivity (Wildman–Crippen MR) is 109 cm³/mol. The Morgan fingerprint density at radius 2 is 1.55 bits per heavy atom. The van der Waals surface area contributed by atoms with E-state index in [2.05, 4.69) is 41.7 Å². The van der Waals surface area contributed by atoms with Crippen LogP contribution in [0.25, 0.3) is 0 Å². The Bertz CT molecular complexity index is 874. The molecule has 152 valence electrons. The second-order valence-electron chi connectivity index (χ2n) is 7.38. The van der Waals surface area contributed by atoms with Gasteiger partial charge in [0, 0.05) is 24.6 Å². The molecule has 0 radical (unpaired) electrons. The molecule has 1 fully saturated rings. The Hall–Kier alpha value is -3.12. The van der Waals surface area contributed by atoms with E-state index >= 15 is 0 Å². The molecular weight excluding hydrogens is 370 g/mol. The molecule has 0 amide bonds. The van der Waals surface area contributed by atoms with Crippen LogP contribution >= 0.6 is 0 Å². The van der Waals surface area contributed by atoms with E-state index in [9.17, 15) is 14.7 Å². The highest BCUT2D eigenvalue weighted by Crippen LogP contribution is 2.47. The van der Waals surface area contributed by atoms with Crippen LogP contribution in [0.1, 0.15) is 41.4 Å². The van der Waals surface area contributed by atoms with Crippen LogP contribution in [0.4, 0.5) is 0 Å². The maximum atomic E-state index is 9.55. The summed E-state index contributed by atoms with van der Waals surface area (Å²) >= 11 is 0. The largest absolute Gasteiger partial charge is 0.508 e. The summed E-state index contributed by atoms with van der Waals surface area (Å²) in [7, 11) is 0. The molecule has 4 rings (SSSR count). The number of aliphatic carboxylic acids is 2. The van der Waals surface area contributed by atoms with Crippen LogP contribution in [0.5, 0.6) is 5.75 Å². The van der Waals surface area contributed by atoms with Crippen LogP contribution in [0.3, 0.4) is 0 Å². The van der Waals surface area contributed by atoms with Crippen molar-refractivity contribution in [2.45, 2.75) is 24.7 Å². The second-order valence-corrected chi connectivity index (χ2v) is 7.38. The number of aromatic hydroxyl groups is 1. The Kier molecular flexibility index (Phi) is 6.67. The highest BCUT2D eigenvalue weighted by molar-refractivity contribution is 5.89. The number of hydrogen-bond donors (Lipinski definition) is 4. The number of carbonyl (C=O) groups is 2. The lowest BCUT2D eigenvalue weighted by atomic mass is 9.66. The van der Waals surface area contributed by atoms with Crippen molar-refractivity contribution >= 4 is 11.9 Å². The van der Waals surface area contributed by atoms with Gasteiger partial charge in [0.15, 0.2) is 0 Å². The van der Waals surface area contributed by atoms with Crippen LogP contribution in [-0.2, 0) is 9.59 Å². The quantitative estimate of drug-likeness (QED) is 0.594. The average molecular weight is 395 g/mol. The molecule has 1 aliphatic carbocycles. The molecule has 1 heterocycles. The monoisotopic (exact) mass is 395 g/mol. The van der Waals surface area contributed by atoms with Gasteiger partial charge in [-0.05, 0) is 60.0 Å². The van der Waals surface area contributed by atoms with Crippen molar-refractivity contribution in [3.8, 4) is 5.75 Å². The Morgan fingerprint density at radius 1 is 0.931 bits per heavy atom. The zero-order valence-electron chi connectivity index (χ0n) is 16.0. The lowest BCUT2D eigenvalue weighted by Crippen LogP contribution is -2.38. The summed E-state index contributed by atoms with van der Waals surface area (Å²) in [6.45, 7) is 2.26. The molecule has 3 unspecified atom stereocenters. The zero-order valence-corrected chi connectivity index (χ0v) is 16.0. The number of phenolic OH excluding ortho intramolecular Hbond substituents is 1. The van der Waals surface area contributed by atoms with Crippen molar-refractivity contribution in [2.24, 2.45) is 5.92 Å². The van der Waals surface area contributed by atoms with Gasteiger partial charge in [-0.1, -0.05) is 36.4 Å². The number of rotatable bonds is 3. The first-order valence-electron chi connectivity index (χ1n) is 9.68. The maximum Gasteiger partial charge on any atom is 0.328 e.